The lowest BCUT2D eigenvalue weighted by atomic mass is 9.91. The fourth-order valence-electron chi connectivity index (χ4n) is 5.73. The van der Waals surface area contributed by atoms with Crippen LogP contribution in [0.3, 0.4) is 0 Å². The smallest absolute Gasteiger partial charge is 0.388 e. The maximum atomic E-state index is 13.9. The van der Waals surface area contributed by atoms with Gasteiger partial charge in [-0.1, -0.05) is 0 Å². The van der Waals surface area contributed by atoms with Gasteiger partial charge in [0.1, 0.15) is 53.1 Å². The van der Waals surface area contributed by atoms with E-state index in [2.05, 4.69) is 38.8 Å². The van der Waals surface area contributed by atoms with Crippen LogP contribution in [0.5, 0.6) is 0 Å². The summed E-state index contributed by atoms with van der Waals surface area (Å²) in [5.41, 5.74) is -5.83. The average molecular weight is 1140 g/mol. The molecule has 2 aliphatic heterocycles. The first-order valence-electron chi connectivity index (χ1n) is 16.7. The first-order valence-corrected chi connectivity index (χ1v) is 29.3. The molecule has 0 aromatic carbocycles. The molecule has 65 heavy (non-hydrogen) atoms. The molecule has 2 saturated heterocycles. The Morgan fingerprint density at radius 3 is 1.49 bits per heavy atom. The van der Waals surface area contributed by atoms with Crippen molar-refractivity contribution in [1.29, 1.82) is 0 Å². The highest BCUT2D eigenvalue weighted by atomic mass is 35.5. The van der Waals surface area contributed by atoms with Crippen LogP contribution in [0, 0.1) is 0 Å². The van der Waals surface area contributed by atoms with E-state index in [1.54, 1.807) is 0 Å². The molecule has 6 unspecified atom stereocenters. The Kier molecular flexibility index (Phi) is 19.0. The van der Waals surface area contributed by atoms with Crippen molar-refractivity contribution >= 4 is 86.0 Å². The second-order valence-electron chi connectivity index (χ2n) is 13.7. The number of phosphoric ester groups is 2. The van der Waals surface area contributed by atoms with Crippen LogP contribution < -0.4 is 22.5 Å². The third-order valence-corrected chi connectivity index (χ3v) is 18.8. The minimum Gasteiger partial charge on any atom is -0.388 e. The zero-order chi connectivity index (χ0) is 50.3. The highest BCUT2D eigenvalue weighted by Crippen LogP contribution is 2.70. The SMILES string of the molecule is CC(C)(OP(=O)(O)OP(=O)(O)OP(O)(O)=P)[C@H]1O[C@@H](n2ccc(=O)[nH]c2=O)C(Cl)(CF)[C@H]1O.C[C@@H](OP(=O)(O)OP(=O)(O)OP(O)(O)=P)[C@H]1O[C@@H](n2ccc(=O)[nH]c2=O)C(Cl)(CF)[C@H]1O. The Morgan fingerprint density at radius 1 is 0.723 bits per heavy atom. The summed E-state index contributed by atoms with van der Waals surface area (Å²) in [7, 11) is -27.0. The number of phosphoric acid groups is 4. The van der Waals surface area contributed by atoms with Gasteiger partial charge in [-0.15, -0.1) is 23.2 Å². The number of nitrogens with one attached hydrogen (secondary N) is 2. The van der Waals surface area contributed by atoms with E-state index >= 15 is 0 Å². The van der Waals surface area contributed by atoms with Gasteiger partial charge in [-0.05, 0) is 37.8 Å². The largest absolute Gasteiger partial charge is 0.488 e. The van der Waals surface area contributed by atoms with E-state index < -0.39 is 140 Å². The molecule has 0 bridgehead atoms. The first kappa shape index (κ1) is 58.8. The number of hydrogen-bond acceptors (Lipinski definition) is 18. The normalized spacial score (nSPS) is 30.5. The number of hydrogen-bond donors (Lipinski definition) is 12. The number of aromatic amines is 2. The third-order valence-electron chi connectivity index (χ3n) is 8.23. The fraction of sp³-hybridized carbons (Fsp3) is 0.652. The Bertz CT molecular complexity index is 2610. The third kappa shape index (κ3) is 15.5. The number of aliphatic hydroxyl groups is 2. The van der Waals surface area contributed by atoms with E-state index in [4.69, 9.17) is 56.8 Å². The van der Waals surface area contributed by atoms with Gasteiger partial charge in [0, 0.05) is 24.5 Å². The Morgan fingerprint density at radius 2 is 1.11 bits per heavy atom. The van der Waals surface area contributed by atoms with Crippen molar-refractivity contribution in [1.82, 2.24) is 19.1 Å². The van der Waals surface area contributed by atoms with Crippen molar-refractivity contribution in [2.24, 2.45) is 0 Å². The predicted octanol–water partition coefficient (Wildman–Crippen LogP) is 0.762. The van der Waals surface area contributed by atoms with Crippen molar-refractivity contribution in [2.75, 3.05) is 13.3 Å². The molecular weight excluding hydrogens is 1100 g/mol. The van der Waals surface area contributed by atoms with Gasteiger partial charge in [-0.2, -0.15) is 8.62 Å². The minimum absolute atomic E-state index is 0.663. The first-order chi connectivity index (χ1) is 29.1. The number of rotatable bonds is 18. The van der Waals surface area contributed by atoms with E-state index in [-0.39, 0.29) is 0 Å². The number of halogens is 4. The van der Waals surface area contributed by atoms with E-state index in [0.29, 0.717) is 9.13 Å². The van der Waals surface area contributed by atoms with Crippen molar-refractivity contribution in [2.45, 2.75) is 79.1 Å². The summed E-state index contributed by atoms with van der Waals surface area (Å²) < 4.78 is 112. The second-order valence-corrected chi connectivity index (χ2v) is 27.5. The van der Waals surface area contributed by atoms with Gasteiger partial charge in [0.2, 0.25) is 0 Å². The lowest BCUT2D eigenvalue weighted by Crippen LogP contribution is -2.50. The monoisotopic (exact) mass is 1140 g/mol. The maximum absolute atomic E-state index is 13.9. The van der Waals surface area contributed by atoms with Crippen LogP contribution in [-0.2, 0) is 54.0 Å². The Hall–Kier alpha value is -0.540. The summed E-state index contributed by atoms with van der Waals surface area (Å²) in [6, 6.07) is 1.79. The molecule has 12 N–H and O–H groups in total. The van der Waals surface area contributed by atoms with Gasteiger partial charge in [-0.3, -0.25) is 37.7 Å². The van der Waals surface area contributed by atoms with Crippen molar-refractivity contribution in [3.8, 4) is 0 Å². The van der Waals surface area contributed by atoms with Crippen molar-refractivity contribution in [3.05, 3.63) is 66.2 Å². The summed E-state index contributed by atoms with van der Waals surface area (Å²) in [5.74, 6) is 0. The number of aromatic nitrogens is 4. The number of alkyl halides is 4. The zero-order valence-corrected chi connectivity index (χ0v) is 41.2. The Labute approximate surface area is 374 Å². The molecule has 4 rings (SSSR count). The minimum atomic E-state index is -5.58. The van der Waals surface area contributed by atoms with Gasteiger partial charge >= 0.3 is 42.7 Å². The van der Waals surface area contributed by atoms with Crippen LogP contribution >= 0.6 is 86.0 Å². The van der Waals surface area contributed by atoms with Crippen LogP contribution in [0.4, 0.5) is 8.78 Å². The molecule has 30 nitrogen and oxygen atoms in total. The van der Waals surface area contributed by atoms with Crippen molar-refractivity contribution < 1.29 is 112 Å². The molecule has 2 aromatic heterocycles. The summed E-state index contributed by atoms with van der Waals surface area (Å²) in [5, 5.41) is 21.1. The van der Waals surface area contributed by atoms with Crippen molar-refractivity contribution in [3.63, 3.8) is 0 Å². The molecule has 0 amide bonds. The van der Waals surface area contributed by atoms with Gasteiger partial charge in [0.25, 0.3) is 25.6 Å². The molecule has 0 radical (unpaired) electrons. The fourth-order valence-corrected chi connectivity index (χ4v) is 14.8. The van der Waals surface area contributed by atoms with E-state index in [9.17, 15) is 76.0 Å². The molecule has 4 heterocycles. The topological polar surface area (TPSA) is 454 Å². The number of nitrogens with zero attached hydrogens (tertiary/aromatic N) is 2. The quantitative estimate of drug-likeness (QED) is 0.0724. The lowest BCUT2D eigenvalue weighted by molar-refractivity contribution is -0.118. The van der Waals surface area contributed by atoms with Crippen LogP contribution in [0.25, 0.3) is 0 Å². The Balaban J connectivity index is 0.000000345. The second kappa shape index (κ2) is 21.0. The number of H-pyrrole nitrogens is 2. The van der Waals surface area contributed by atoms with Crippen LogP contribution in [0.1, 0.15) is 33.2 Å². The molecule has 0 spiro atoms. The van der Waals surface area contributed by atoms with Gasteiger partial charge in [0.15, 0.2) is 12.5 Å². The number of ether oxygens (including phenoxy) is 2. The van der Waals surface area contributed by atoms with Gasteiger partial charge in [-0.25, -0.2) is 45.3 Å². The molecule has 0 saturated carbocycles. The molecule has 0 aliphatic carbocycles. The molecule has 13 atom stereocenters. The molecule has 2 fully saturated rings. The van der Waals surface area contributed by atoms with E-state index in [0.717, 1.165) is 45.3 Å². The molecule has 374 valence electrons. The highest BCUT2D eigenvalue weighted by Gasteiger charge is 2.63. The summed E-state index contributed by atoms with van der Waals surface area (Å²) >= 11 is 12.3. The van der Waals surface area contributed by atoms with Crippen LogP contribution in [0.2, 0.25) is 0 Å². The molecular formula is C23H38Cl2F2N4O26P8. The molecule has 2 aliphatic rings. The highest BCUT2D eigenvalue weighted by molar-refractivity contribution is 7.91. The maximum Gasteiger partial charge on any atom is 0.488 e. The van der Waals surface area contributed by atoms with Gasteiger partial charge < -0.3 is 58.8 Å². The van der Waals surface area contributed by atoms with Gasteiger partial charge in [0.05, 0.1) is 6.10 Å². The number of aliphatic hydroxyl groups excluding tert-OH is 2. The molecule has 42 heteroatoms. The predicted molar refractivity (Wildman–Crippen MR) is 220 cm³/mol. The summed E-state index contributed by atoms with van der Waals surface area (Å²) in [4.78, 5) is 120. The van der Waals surface area contributed by atoms with Crippen LogP contribution in [0.15, 0.2) is 43.7 Å². The zero-order valence-electron chi connectivity index (χ0n) is 32.4. The van der Waals surface area contributed by atoms with E-state index in [1.165, 1.54) is 0 Å². The molecule has 2 aromatic rings. The lowest BCUT2D eigenvalue weighted by Gasteiger charge is -2.34. The summed E-state index contributed by atoms with van der Waals surface area (Å²) in [6.07, 6.45) is -10.8. The standard InChI is InChI=1S/C12H20ClFN2O13P4.C11H18ClFN2O13P4/c1-11(2,27-31(20,21)28-32(22,23)29-33(24,25)30)8-7(18)12(13,5-14)9(26-8)16-4-3-6(17)15-10(16)19;1-5(26-30(19,20)27-31(21,22)28-32(23,24)29)7-8(17)11(12,4-13)9(25-7)15-3-2-6(16)14-10(15)18/h3-4,7-9,18,24-25,30H,5H2,1-2H3,(H,20,21)(H,22,23)(H,15,17,19);2-3,5,7-9,17,23-24,29H,4H2,1H3,(H,19,20)(H,21,22)(H,14,16,18)/t7-,8-,9+,12?;5-,7-,8+,9-,11?/m01/s1. The van der Waals surface area contributed by atoms with Crippen LogP contribution in [-0.4, -0.2) is 128 Å². The average Bonchev–Trinajstić information content (AvgIpc) is 3.50. The summed E-state index contributed by atoms with van der Waals surface area (Å²) in [6.45, 7) is 0.129. The van der Waals surface area contributed by atoms with E-state index in [1.807, 2.05) is 9.97 Å².